The van der Waals surface area contributed by atoms with Crippen molar-refractivity contribution < 1.29 is 14.3 Å². The van der Waals surface area contributed by atoms with Crippen LogP contribution in [0.5, 0.6) is 0 Å². The molecule has 0 bridgehead atoms. The van der Waals surface area contributed by atoms with Gasteiger partial charge in [0.25, 0.3) is 0 Å². The predicted octanol–water partition coefficient (Wildman–Crippen LogP) is 2.70. The summed E-state index contributed by atoms with van der Waals surface area (Å²) in [5.74, 6) is 0.429. The summed E-state index contributed by atoms with van der Waals surface area (Å²) in [6.07, 6.45) is 1.54. The number of aryl methyl sites for hydroxylation is 1. The average molecular weight is 274 g/mol. The first-order chi connectivity index (χ1) is 9.69. The van der Waals surface area contributed by atoms with Gasteiger partial charge >= 0.3 is 6.03 Å². The summed E-state index contributed by atoms with van der Waals surface area (Å²) in [6, 6.07) is 10.6. The zero-order valence-corrected chi connectivity index (χ0v) is 11.3. The molecule has 0 aliphatic rings. The molecule has 1 aromatic carbocycles. The molecule has 106 valence electrons. The van der Waals surface area contributed by atoms with E-state index in [1.807, 2.05) is 24.3 Å². The average Bonchev–Trinajstić information content (AvgIpc) is 2.99. The number of hydrogen-bond donors (Lipinski definition) is 3. The Balaban J connectivity index is 1.83. The molecule has 0 radical (unpaired) electrons. The van der Waals surface area contributed by atoms with Gasteiger partial charge in [-0.25, -0.2) is 4.79 Å². The van der Waals surface area contributed by atoms with Gasteiger partial charge in [-0.2, -0.15) is 0 Å². The lowest BCUT2D eigenvalue weighted by Gasteiger charge is -2.11. The number of benzene rings is 1. The van der Waals surface area contributed by atoms with Gasteiger partial charge in [0.1, 0.15) is 11.9 Å². The molecule has 0 fully saturated rings. The number of amides is 2. The Bertz CT molecular complexity index is 552. The molecule has 2 rings (SSSR count). The largest absolute Gasteiger partial charge is 0.467 e. The van der Waals surface area contributed by atoms with Crippen molar-refractivity contribution in [2.45, 2.75) is 19.4 Å². The van der Waals surface area contributed by atoms with E-state index in [-0.39, 0.29) is 12.6 Å². The van der Waals surface area contributed by atoms with Crippen molar-refractivity contribution in [3.05, 3.63) is 54.0 Å². The number of urea groups is 1. The minimum absolute atomic E-state index is 0.0901. The highest BCUT2D eigenvalue weighted by Gasteiger charge is 2.11. The predicted molar refractivity (Wildman–Crippen MR) is 76.5 cm³/mol. The minimum atomic E-state index is -0.849. The summed E-state index contributed by atoms with van der Waals surface area (Å²) in [5.41, 5.74) is 1.88. The fourth-order valence-corrected chi connectivity index (χ4v) is 1.82. The second-order valence-corrected chi connectivity index (χ2v) is 4.42. The number of carbonyl (C=O) groups excluding carboxylic acids is 1. The second-order valence-electron chi connectivity index (χ2n) is 4.42. The normalized spacial score (nSPS) is 11.9. The first-order valence-electron chi connectivity index (χ1n) is 6.54. The van der Waals surface area contributed by atoms with Crippen molar-refractivity contribution in [3.63, 3.8) is 0 Å². The highest BCUT2D eigenvalue weighted by Crippen LogP contribution is 2.13. The van der Waals surface area contributed by atoms with Crippen LogP contribution in [-0.2, 0) is 6.42 Å². The van der Waals surface area contributed by atoms with Gasteiger partial charge in [-0.1, -0.05) is 19.1 Å². The van der Waals surface area contributed by atoms with Crippen LogP contribution in [-0.4, -0.2) is 17.7 Å². The number of carbonyl (C=O) groups is 1. The van der Waals surface area contributed by atoms with Crippen LogP contribution >= 0.6 is 0 Å². The van der Waals surface area contributed by atoms with Gasteiger partial charge in [0.15, 0.2) is 0 Å². The molecule has 5 heteroatoms. The van der Waals surface area contributed by atoms with E-state index in [1.54, 1.807) is 12.1 Å². The molecule has 1 atom stereocenters. The highest BCUT2D eigenvalue weighted by molar-refractivity contribution is 5.89. The van der Waals surface area contributed by atoms with Crippen LogP contribution < -0.4 is 10.6 Å². The molecular formula is C15H18N2O3. The van der Waals surface area contributed by atoms with Crippen molar-refractivity contribution in [3.8, 4) is 0 Å². The molecule has 2 amide bonds. The van der Waals surface area contributed by atoms with Crippen LogP contribution in [0, 0.1) is 0 Å². The van der Waals surface area contributed by atoms with E-state index in [9.17, 15) is 9.90 Å². The molecule has 1 unspecified atom stereocenters. The molecule has 0 saturated carbocycles. The molecule has 0 aliphatic heterocycles. The Kier molecular flexibility index (Phi) is 4.79. The topological polar surface area (TPSA) is 74.5 Å². The number of furan rings is 1. The zero-order chi connectivity index (χ0) is 14.4. The van der Waals surface area contributed by atoms with Gasteiger partial charge in [0.05, 0.1) is 12.8 Å². The van der Waals surface area contributed by atoms with E-state index in [0.29, 0.717) is 5.76 Å². The van der Waals surface area contributed by atoms with E-state index in [0.717, 1.165) is 17.7 Å². The van der Waals surface area contributed by atoms with Crippen molar-refractivity contribution in [1.82, 2.24) is 5.32 Å². The Hall–Kier alpha value is -2.27. The number of anilines is 1. The Morgan fingerprint density at radius 3 is 2.90 bits per heavy atom. The lowest BCUT2D eigenvalue weighted by atomic mass is 10.1. The van der Waals surface area contributed by atoms with Gasteiger partial charge in [-0.05, 0) is 36.2 Å². The number of rotatable bonds is 5. The van der Waals surface area contributed by atoms with E-state index in [2.05, 4.69) is 17.6 Å². The second kappa shape index (κ2) is 6.77. The Morgan fingerprint density at radius 1 is 1.35 bits per heavy atom. The first-order valence-corrected chi connectivity index (χ1v) is 6.54. The minimum Gasteiger partial charge on any atom is -0.467 e. The standard InChI is InChI=1S/C15H18N2O3/c1-2-11-5-3-6-12(9-11)17-15(19)16-10-13(18)14-7-4-8-20-14/h3-9,13,18H,2,10H2,1H3,(H2,16,17,19). The molecule has 3 N–H and O–H groups in total. The zero-order valence-electron chi connectivity index (χ0n) is 11.3. The van der Waals surface area contributed by atoms with E-state index >= 15 is 0 Å². The van der Waals surface area contributed by atoms with Crippen LogP contribution in [0.1, 0.15) is 24.4 Å². The summed E-state index contributed by atoms with van der Waals surface area (Å²) in [4.78, 5) is 11.7. The van der Waals surface area contributed by atoms with Crippen molar-refractivity contribution in [2.75, 3.05) is 11.9 Å². The summed E-state index contributed by atoms with van der Waals surface area (Å²) >= 11 is 0. The molecule has 0 saturated heterocycles. The number of aliphatic hydroxyl groups is 1. The highest BCUT2D eigenvalue weighted by atomic mass is 16.4. The van der Waals surface area contributed by atoms with Gasteiger partial charge in [0, 0.05) is 5.69 Å². The summed E-state index contributed by atoms with van der Waals surface area (Å²) in [5, 5.41) is 15.1. The maximum Gasteiger partial charge on any atom is 0.319 e. The fraction of sp³-hybridized carbons (Fsp3) is 0.267. The van der Waals surface area contributed by atoms with Crippen LogP contribution in [0.3, 0.4) is 0 Å². The molecule has 20 heavy (non-hydrogen) atoms. The number of hydrogen-bond acceptors (Lipinski definition) is 3. The first kappa shape index (κ1) is 14.1. The lowest BCUT2D eigenvalue weighted by Crippen LogP contribution is -2.32. The third kappa shape index (κ3) is 3.86. The van der Waals surface area contributed by atoms with E-state index in [4.69, 9.17) is 4.42 Å². The monoisotopic (exact) mass is 274 g/mol. The van der Waals surface area contributed by atoms with Gasteiger partial charge in [0.2, 0.25) is 0 Å². The van der Waals surface area contributed by atoms with Crippen molar-refractivity contribution >= 4 is 11.7 Å². The molecule has 0 aliphatic carbocycles. The summed E-state index contributed by atoms with van der Waals surface area (Å²) < 4.78 is 5.05. The molecule has 1 heterocycles. The Labute approximate surface area is 117 Å². The quantitative estimate of drug-likeness (QED) is 0.784. The molecule has 0 spiro atoms. The van der Waals surface area contributed by atoms with E-state index in [1.165, 1.54) is 6.26 Å². The third-order valence-corrected chi connectivity index (χ3v) is 2.92. The van der Waals surface area contributed by atoms with Gasteiger partial charge in [-0.3, -0.25) is 0 Å². The SMILES string of the molecule is CCc1cccc(NC(=O)NCC(O)c2ccco2)c1. The van der Waals surface area contributed by atoms with Gasteiger partial charge in [-0.15, -0.1) is 0 Å². The number of nitrogens with one attached hydrogen (secondary N) is 2. The maximum absolute atomic E-state index is 11.7. The molecule has 2 aromatic rings. The lowest BCUT2D eigenvalue weighted by molar-refractivity contribution is 0.149. The van der Waals surface area contributed by atoms with Crippen LogP contribution in [0.2, 0.25) is 0 Å². The van der Waals surface area contributed by atoms with Crippen molar-refractivity contribution in [2.24, 2.45) is 0 Å². The smallest absolute Gasteiger partial charge is 0.319 e. The fourth-order valence-electron chi connectivity index (χ4n) is 1.82. The molecule has 5 nitrogen and oxygen atoms in total. The van der Waals surface area contributed by atoms with Crippen LogP contribution in [0.4, 0.5) is 10.5 Å². The van der Waals surface area contributed by atoms with E-state index < -0.39 is 6.10 Å². The molecule has 1 aromatic heterocycles. The van der Waals surface area contributed by atoms with Crippen LogP contribution in [0.15, 0.2) is 47.1 Å². The van der Waals surface area contributed by atoms with Gasteiger partial charge < -0.3 is 20.2 Å². The number of aliphatic hydroxyl groups excluding tert-OH is 1. The third-order valence-electron chi connectivity index (χ3n) is 2.92. The molecular weight excluding hydrogens is 256 g/mol. The Morgan fingerprint density at radius 2 is 2.20 bits per heavy atom. The van der Waals surface area contributed by atoms with Crippen LogP contribution in [0.25, 0.3) is 0 Å². The maximum atomic E-state index is 11.7. The van der Waals surface area contributed by atoms with Crippen molar-refractivity contribution in [1.29, 1.82) is 0 Å². The summed E-state index contributed by atoms with van der Waals surface area (Å²) in [6.45, 7) is 2.14. The summed E-state index contributed by atoms with van der Waals surface area (Å²) in [7, 11) is 0.